The van der Waals surface area contributed by atoms with Crippen molar-refractivity contribution >= 4 is 28.8 Å². The lowest BCUT2D eigenvalue weighted by atomic mass is 9.96. The highest BCUT2D eigenvalue weighted by atomic mass is 16.5. The number of carbonyl (C=O) groups excluding carboxylic acids is 3. The zero-order valence-corrected chi connectivity index (χ0v) is 16.8. The molecule has 0 fully saturated rings. The SMILES string of the molecule is CCCc1nc2ccccc2c(C(=O)OC(C)C(=O)NC(=O)NCC)c1CC. The van der Waals surface area contributed by atoms with E-state index in [1.54, 1.807) is 6.92 Å². The number of pyridine rings is 1. The van der Waals surface area contributed by atoms with Crippen molar-refractivity contribution in [1.29, 1.82) is 0 Å². The summed E-state index contributed by atoms with van der Waals surface area (Å²) in [5, 5.41) is 5.31. The van der Waals surface area contributed by atoms with Crippen molar-refractivity contribution in [3.05, 3.63) is 41.1 Å². The number of urea groups is 1. The van der Waals surface area contributed by atoms with Gasteiger partial charge in [-0.3, -0.25) is 15.1 Å². The first kappa shape index (κ1) is 21.3. The molecule has 1 aromatic heterocycles. The summed E-state index contributed by atoms with van der Waals surface area (Å²) in [5.41, 5.74) is 2.86. The molecule has 0 saturated carbocycles. The standard InChI is InChI=1S/C21H27N3O4/c1-5-10-16-14(6-2)18(15-11-8-9-12-17(15)23-16)20(26)28-13(4)19(25)24-21(27)22-7-3/h8-9,11-13H,5-7,10H2,1-4H3,(H2,22,24,25,27). The molecule has 7 heteroatoms. The highest BCUT2D eigenvalue weighted by molar-refractivity contribution is 6.06. The van der Waals surface area contributed by atoms with Gasteiger partial charge in [0, 0.05) is 17.6 Å². The molecule has 28 heavy (non-hydrogen) atoms. The van der Waals surface area contributed by atoms with Crippen LogP contribution in [-0.2, 0) is 22.4 Å². The van der Waals surface area contributed by atoms with Crippen LogP contribution < -0.4 is 10.6 Å². The van der Waals surface area contributed by atoms with Crippen LogP contribution in [0.25, 0.3) is 10.9 Å². The van der Waals surface area contributed by atoms with Crippen LogP contribution in [0.3, 0.4) is 0 Å². The molecule has 0 aliphatic carbocycles. The van der Waals surface area contributed by atoms with Gasteiger partial charge in [-0.25, -0.2) is 9.59 Å². The normalized spacial score (nSPS) is 11.7. The van der Waals surface area contributed by atoms with Crippen molar-refractivity contribution in [1.82, 2.24) is 15.6 Å². The largest absolute Gasteiger partial charge is 0.449 e. The van der Waals surface area contributed by atoms with Gasteiger partial charge in [0.05, 0.1) is 11.1 Å². The molecule has 0 aliphatic heterocycles. The topological polar surface area (TPSA) is 97.4 Å². The Morgan fingerprint density at radius 2 is 1.86 bits per heavy atom. The van der Waals surface area contributed by atoms with Crippen molar-refractivity contribution in [2.45, 2.75) is 53.1 Å². The van der Waals surface area contributed by atoms with Crippen LogP contribution in [0.2, 0.25) is 0 Å². The number of esters is 1. The zero-order valence-electron chi connectivity index (χ0n) is 16.8. The molecule has 0 spiro atoms. The number of imide groups is 1. The Labute approximate surface area is 164 Å². The second-order valence-electron chi connectivity index (χ2n) is 6.43. The average molecular weight is 385 g/mol. The van der Waals surface area contributed by atoms with Crippen molar-refractivity contribution in [3.8, 4) is 0 Å². The molecular formula is C21H27N3O4. The lowest BCUT2D eigenvalue weighted by Crippen LogP contribution is -2.44. The number of para-hydroxylation sites is 1. The Kier molecular flexibility index (Phi) is 7.49. The van der Waals surface area contributed by atoms with Gasteiger partial charge in [0.1, 0.15) is 0 Å². The number of fused-ring (bicyclic) bond motifs is 1. The molecule has 0 radical (unpaired) electrons. The van der Waals surface area contributed by atoms with E-state index in [1.165, 1.54) is 6.92 Å². The predicted octanol–water partition coefficient (Wildman–Crippen LogP) is 3.14. The van der Waals surface area contributed by atoms with Crippen LogP contribution in [0, 0.1) is 0 Å². The summed E-state index contributed by atoms with van der Waals surface area (Å²) in [6, 6.07) is 6.77. The number of nitrogens with one attached hydrogen (secondary N) is 2. The highest BCUT2D eigenvalue weighted by Gasteiger charge is 2.25. The third-order valence-corrected chi connectivity index (χ3v) is 4.35. The van der Waals surface area contributed by atoms with E-state index in [0.717, 1.165) is 29.6 Å². The number of carbonyl (C=O) groups is 3. The monoisotopic (exact) mass is 385 g/mol. The van der Waals surface area contributed by atoms with Crippen molar-refractivity contribution in [3.63, 3.8) is 0 Å². The van der Waals surface area contributed by atoms with Gasteiger partial charge in [0.15, 0.2) is 6.10 Å². The molecular weight excluding hydrogens is 358 g/mol. The van der Waals surface area contributed by atoms with E-state index >= 15 is 0 Å². The number of aryl methyl sites for hydroxylation is 1. The van der Waals surface area contributed by atoms with Crippen LogP contribution in [0.1, 0.15) is 55.7 Å². The first-order valence-corrected chi connectivity index (χ1v) is 9.62. The number of rotatable bonds is 7. The third kappa shape index (κ3) is 4.85. The second kappa shape index (κ2) is 9.82. The van der Waals surface area contributed by atoms with Gasteiger partial charge < -0.3 is 10.1 Å². The second-order valence-corrected chi connectivity index (χ2v) is 6.43. The average Bonchev–Trinajstić information content (AvgIpc) is 2.67. The number of ether oxygens (including phenoxy) is 1. The molecule has 3 amide bonds. The molecule has 2 aromatic rings. The van der Waals surface area contributed by atoms with Gasteiger partial charge in [0.2, 0.25) is 0 Å². The highest BCUT2D eigenvalue weighted by Crippen LogP contribution is 2.26. The van der Waals surface area contributed by atoms with Gasteiger partial charge in [0.25, 0.3) is 5.91 Å². The number of benzene rings is 1. The summed E-state index contributed by atoms with van der Waals surface area (Å²) in [6.45, 7) is 7.59. The van der Waals surface area contributed by atoms with Crippen LogP contribution >= 0.6 is 0 Å². The van der Waals surface area contributed by atoms with E-state index in [1.807, 2.05) is 31.2 Å². The van der Waals surface area contributed by atoms with Gasteiger partial charge in [-0.1, -0.05) is 38.5 Å². The Bertz CT molecular complexity index is 879. The Morgan fingerprint density at radius 1 is 1.14 bits per heavy atom. The van der Waals surface area contributed by atoms with Crippen LogP contribution in [0.5, 0.6) is 0 Å². The molecule has 1 heterocycles. The number of aromatic nitrogens is 1. The summed E-state index contributed by atoms with van der Waals surface area (Å²) in [6.07, 6.45) is 1.16. The van der Waals surface area contributed by atoms with Gasteiger partial charge in [-0.05, 0) is 38.3 Å². The van der Waals surface area contributed by atoms with E-state index in [-0.39, 0.29) is 0 Å². The minimum Gasteiger partial charge on any atom is -0.449 e. The van der Waals surface area contributed by atoms with E-state index in [0.29, 0.717) is 23.9 Å². The Balaban J connectivity index is 2.36. The summed E-state index contributed by atoms with van der Waals surface area (Å²) in [7, 11) is 0. The summed E-state index contributed by atoms with van der Waals surface area (Å²) < 4.78 is 5.40. The van der Waals surface area contributed by atoms with Gasteiger partial charge >= 0.3 is 12.0 Å². The molecule has 7 nitrogen and oxygen atoms in total. The molecule has 0 aliphatic rings. The molecule has 2 N–H and O–H groups in total. The Hall–Kier alpha value is -2.96. The minimum absolute atomic E-state index is 0.385. The fourth-order valence-corrected chi connectivity index (χ4v) is 3.05. The maximum Gasteiger partial charge on any atom is 0.339 e. The Morgan fingerprint density at radius 3 is 2.50 bits per heavy atom. The summed E-state index contributed by atoms with van der Waals surface area (Å²) in [5.74, 6) is -1.27. The fourth-order valence-electron chi connectivity index (χ4n) is 3.05. The molecule has 1 atom stereocenters. The number of hydrogen-bond acceptors (Lipinski definition) is 5. The van der Waals surface area contributed by atoms with Crippen LogP contribution in [-0.4, -0.2) is 35.5 Å². The molecule has 0 bridgehead atoms. The number of nitrogens with zero attached hydrogens (tertiary/aromatic N) is 1. The summed E-state index contributed by atoms with van der Waals surface area (Å²) in [4.78, 5) is 41.3. The first-order valence-electron chi connectivity index (χ1n) is 9.62. The van der Waals surface area contributed by atoms with Gasteiger partial charge in [-0.2, -0.15) is 0 Å². The fraction of sp³-hybridized carbons (Fsp3) is 0.429. The first-order chi connectivity index (χ1) is 13.4. The number of hydrogen-bond donors (Lipinski definition) is 2. The molecule has 0 saturated heterocycles. The lowest BCUT2D eigenvalue weighted by Gasteiger charge is -2.18. The van der Waals surface area contributed by atoms with Crippen LogP contribution in [0.4, 0.5) is 4.79 Å². The van der Waals surface area contributed by atoms with E-state index in [9.17, 15) is 14.4 Å². The smallest absolute Gasteiger partial charge is 0.339 e. The summed E-state index contributed by atoms with van der Waals surface area (Å²) >= 11 is 0. The van der Waals surface area contributed by atoms with Crippen LogP contribution in [0.15, 0.2) is 24.3 Å². The third-order valence-electron chi connectivity index (χ3n) is 4.35. The van der Waals surface area contributed by atoms with E-state index < -0.39 is 24.0 Å². The molecule has 2 rings (SSSR count). The minimum atomic E-state index is -1.11. The maximum atomic E-state index is 13.0. The quantitative estimate of drug-likeness (QED) is 0.714. The molecule has 1 aromatic carbocycles. The molecule has 1 unspecified atom stereocenters. The van der Waals surface area contributed by atoms with E-state index in [2.05, 4.69) is 17.6 Å². The van der Waals surface area contributed by atoms with Crippen molar-refractivity contribution < 1.29 is 19.1 Å². The van der Waals surface area contributed by atoms with E-state index in [4.69, 9.17) is 9.72 Å². The lowest BCUT2D eigenvalue weighted by molar-refractivity contribution is -0.127. The number of amides is 3. The van der Waals surface area contributed by atoms with Gasteiger partial charge in [-0.15, -0.1) is 0 Å². The molecule has 150 valence electrons. The zero-order chi connectivity index (χ0) is 20.7. The predicted molar refractivity (Wildman–Crippen MR) is 107 cm³/mol. The maximum absolute atomic E-state index is 13.0. The van der Waals surface area contributed by atoms with Crippen molar-refractivity contribution in [2.24, 2.45) is 0 Å². The van der Waals surface area contributed by atoms with Crippen molar-refractivity contribution in [2.75, 3.05) is 6.54 Å².